The first-order chi connectivity index (χ1) is 12.6. The van der Waals surface area contributed by atoms with Crippen molar-refractivity contribution in [2.24, 2.45) is 0 Å². The zero-order chi connectivity index (χ0) is 18.7. The minimum atomic E-state index is -0.197. The number of fused-ring (bicyclic) bond motifs is 1. The van der Waals surface area contributed by atoms with E-state index in [9.17, 15) is 4.79 Å². The van der Waals surface area contributed by atoms with Crippen molar-refractivity contribution in [3.63, 3.8) is 0 Å². The molecule has 0 N–H and O–H groups in total. The third kappa shape index (κ3) is 3.34. The van der Waals surface area contributed by atoms with E-state index in [-0.39, 0.29) is 5.56 Å². The average Bonchev–Trinajstić information content (AvgIpc) is 2.64. The molecule has 0 spiro atoms. The number of nitrogens with zero attached hydrogens (tertiary/aromatic N) is 2. The van der Waals surface area contributed by atoms with Gasteiger partial charge in [0.25, 0.3) is 0 Å². The molecule has 7 heteroatoms. The fourth-order valence-electron chi connectivity index (χ4n) is 2.88. The highest BCUT2D eigenvalue weighted by atomic mass is 17.3. The summed E-state index contributed by atoms with van der Waals surface area (Å²) in [6.45, 7) is 2.27. The Bertz CT molecular complexity index is 997. The Morgan fingerprint density at radius 3 is 2.58 bits per heavy atom. The molecule has 3 rings (SSSR count). The SMILES string of the molecule is COO[n+]1cc(C)cc2ccn(Cc3ccc(OC)cc3OC)c(=O)c21. The zero-order valence-corrected chi connectivity index (χ0v) is 15.2. The summed E-state index contributed by atoms with van der Waals surface area (Å²) in [6.07, 6.45) is 3.45. The maximum Gasteiger partial charge on any atom is 0.333 e. The van der Waals surface area contributed by atoms with Crippen molar-refractivity contribution in [2.75, 3.05) is 21.3 Å². The molecule has 0 amide bonds. The summed E-state index contributed by atoms with van der Waals surface area (Å²) in [5.74, 6) is 1.35. The molecule has 0 fully saturated rings. The molecular weight excluding hydrogens is 336 g/mol. The lowest BCUT2D eigenvalue weighted by Gasteiger charge is -2.12. The van der Waals surface area contributed by atoms with Gasteiger partial charge in [-0.05, 0) is 31.2 Å². The number of hydrogen-bond acceptors (Lipinski definition) is 5. The highest BCUT2D eigenvalue weighted by Crippen LogP contribution is 2.25. The summed E-state index contributed by atoms with van der Waals surface area (Å²) in [6, 6.07) is 9.30. The molecule has 3 aromatic rings. The summed E-state index contributed by atoms with van der Waals surface area (Å²) in [5.41, 5.74) is 2.01. The van der Waals surface area contributed by atoms with Crippen molar-refractivity contribution < 1.29 is 24.1 Å². The lowest BCUT2D eigenvalue weighted by molar-refractivity contribution is -0.940. The maximum atomic E-state index is 13.0. The molecule has 0 unspecified atom stereocenters. The lowest BCUT2D eigenvalue weighted by atomic mass is 10.1. The van der Waals surface area contributed by atoms with E-state index in [0.717, 1.165) is 16.5 Å². The van der Waals surface area contributed by atoms with Gasteiger partial charge in [-0.3, -0.25) is 4.79 Å². The van der Waals surface area contributed by atoms with Gasteiger partial charge in [-0.1, -0.05) is 4.99 Å². The van der Waals surface area contributed by atoms with Crippen LogP contribution < -0.4 is 24.8 Å². The molecule has 2 heterocycles. The smallest absolute Gasteiger partial charge is 0.333 e. The van der Waals surface area contributed by atoms with Crippen molar-refractivity contribution in [1.29, 1.82) is 0 Å². The molecule has 0 aliphatic carbocycles. The lowest BCUT2D eigenvalue weighted by Crippen LogP contribution is -2.46. The van der Waals surface area contributed by atoms with Gasteiger partial charge in [0, 0.05) is 23.4 Å². The number of methoxy groups -OCH3 is 2. The Hall–Kier alpha value is -3.06. The van der Waals surface area contributed by atoms with E-state index in [4.69, 9.17) is 19.3 Å². The largest absolute Gasteiger partial charge is 0.497 e. The molecule has 0 bridgehead atoms. The first-order valence-electron chi connectivity index (χ1n) is 8.05. The van der Waals surface area contributed by atoms with Crippen LogP contribution in [0.2, 0.25) is 0 Å². The van der Waals surface area contributed by atoms with Gasteiger partial charge in [-0.2, -0.15) is 0 Å². The first-order valence-corrected chi connectivity index (χ1v) is 8.05. The quantitative estimate of drug-likeness (QED) is 0.381. The van der Waals surface area contributed by atoms with Gasteiger partial charge < -0.3 is 14.0 Å². The standard InChI is InChI=1S/C19H21N2O5/c1-13-9-14-7-8-20(19(22)18(14)21(11-13)26-25-4)12-15-5-6-16(23-2)10-17(15)24-3/h5-11H,12H2,1-4H3/q+1. The molecule has 0 saturated carbocycles. The van der Waals surface area contributed by atoms with Crippen LogP contribution in [-0.4, -0.2) is 25.9 Å². The molecule has 0 aliphatic rings. The number of rotatable bonds is 6. The Kier molecular flexibility index (Phi) is 5.09. The summed E-state index contributed by atoms with van der Waals surface area (Å²) in [5, 5.41) is 0.769. The third-order valence-corrected chi connectivity index (χ3v) is 4.09. The van der Waals surface area contributed by atoms with Crippen molar-refractivity contribution in [1.82, 2.24) is 4.57 Å². The second-order valence-electron chi connectivity index (χ2n) is 5.81. The molecule has 0 atom stereocenters. The molecule has 0 radical (unpaired) electrons. The van der Waals surface area contributed by atoms with Gasteiger partial charge in [-0.15, -0.1) is 4.89 Å². The molecule has 0 aliphatic heterocycles. The number of pyridine rings is 2. The van der Waals surface area contributed by atoms with Crippen molar-refractivity contribution >= 4 is 10.9 Å². The predicted octanol–water partition coefficient (Wildman–Crippen LogP) is 1.65. The van der Waals surface area contributed by atoms with Crippen LogP contribution in [0.3, 0.4) is 0 Å². The first kappa shape index (κ1) is 17.8. The van der Waals surface area contributed by atoms with E-state index in [0.29, 0.717) is 23.6 Å². The summed E-state index contributed by atoms with van der Waals surface area (Å²) in [4.78, 5) is 22.9. The predicted molar refractivity (Wildman–Crippen MR) is 95.4 cm³/mol. The maximum absolute atomic E-state index is 13.0. The number of hydrogen-bond donors (Lipinski definition) is 0. The van der Waals surface area contributed by atoms with Gasteiger partial charge in [0.1, 0.15) is 11.5 Å². The van der Waals surface area contributed by atoms with Crippen LogP contribution in [0.1, 0.15) is 11.1 Å². The number of benzene rings is 1. The monoisotopic (exact) mass is 357 g/mol. The molecule has 1 aromatic carbocycles. The van der Waals surface area contributed by atoms with E-state index in [1.807, 2.05) is 31.2 Å². The van der Waals surface area contributed by atoms with Crippen LogP contribution in [0.25, 0.3) is 10.9 Å². The van der Waals surface area contributed by atoms with Crippen LogP contribution in [0.4, 0.5) is 0 Å². The van der Waals surface area contributed by atoms with Crippen LogP contribution in [0.15, 0.2) is 47.5 Å². The molecule has 0 saturated heterocycles. The Morgan fingerprint density at radius 1 is 1.08 bits per heavy atom. The number of ether oxygens (including phenoxy) is 2. The van der Waals surface area contributed by atoms with Crippen LogP contribution in [-0.2, 0) is 11.4 Å². The van der Waals surface area contributed by atoms with Crippen molar-refractivity contribution in [3.05, 3.63) is 64.2 Å². The highest BCUT2D eigenvalue weighted by Gasteiger charge is 2.19. The molecule has 136 valence electrons. The molecular formula is C19H21N2O5+. The van der Waals surface area contributed by atoms with Gasteiger partial charge in [-0.25, -0.2) is 0 Å². The number of aromatic nitrogens is 2. The Labute approximate surface area is 150 Å². The Morgan fingerprint density at radius 2 is 1.88 bits per heavy atom. The molecule has 2 aromatic heterocycles. The van der Waals surface area contributed by atoms with E-state index in [1.165, 1.54) is 11.8 Å². The molecule has 26 heavy (non-hydrogen) atoms. The summed E-state index contributed by atoms with van der Waals surface area (Å²) < 4.78 is 13.6. The third-order valence-electron chi connectivity index (χ3n) is 4.09. The van der Waals surface area contributed by atoms with Crippen LogP contribution >= 0.6 is 0 Å². The van der Waals surface area contributed by atoms with Crippen molar-refractivity contribution in [2.45, 2.75) is 13.5 Å². The van der Waals surface area contributed by atoms with Crippen LogP contribution in [0.5, 0.6) is 11.5 Å². The molecule has 7 nitrogen and oxygen atoms in total. The summed E-state index contributed by atoms with van der Waals surface area (Å²) >= 11 is 0. The van der Waals surface area contributed by atoms with E-state index in [2.05, 4.69) is 0 Å². The Balaban J connectivity index is 2.09. The van der Waals surface area contributed by atoms with Gasteiger partial charge in [0.2, 0.25) is 6.20 Å². The van der Waals surface area contributed by atoms with Crippen molar-refractivity contribution in [3.8, 4) is 11.5 Å². The average molecular weight is 357 g/mol. The van der Waals surface area contributed by atoms with Gasteiger partial charge in [0.15, 0.2) is 0 Å². The van der Waals surface area contributed by atoms with Gasteiger partial charge >= 0.3 is 11.1 Å². The minimum absolute atomic E-state index is 0.197. The topological polar surface area (TPSA) is 62.8 Å². The van der Waals surface area contributed by atoms with Gasteiger partial charge in [0.05, 0.1) is 38.0 Å². The second-order valence-corrected chi connectivity index (χ2v) is 5.81. The normalized spacial score (nSPS) is 10.8. The van der Waals surface area contributed by atoms with E-state index < -0.39 is 0 Å². The highest BCUT2D eigenvalue weighted by molar-refractivity contribution is 5.74. The zero-order valence-electron chi connectivity index (χ0n) is 15.2. The summed E-state index contributed by atoms with van der Waals surface area (Å²) in [7, 11) is 4.58. The minimum Gasteiger partial charge on any atom is -0.497 e. The second kappa shape index (κ2) is 7.45. The fraction of sp³-hybridized carbons (Fsp3) is 0.263. The fourth-order valence-corrected chi connectivity index (χ4v) is 2.88. The van der Waals surface area contributed by atoms with E-state index in [1.54, 1.807) is 37.2 Å². The van der Waals surface area contributed by atoms with Crippen LogP contribution in [0, 0.1) is 6.92 Å². The number of aryl methyl sites for hydroxylation is 1. The van der Waals surface area contributed by atoms with E-state index >= 15 is 0 Å².